The van der Waals surface area contributed by atoms with Crippen LogP contribution < -0.4 is 27.2 Å². The van der Waals surface area contributed by atoms with E-state index in [1.807, 2.05) is 13.8 Å². The van der Waals surface area contributed by atoms with Crippen LogP contribution in [-0.2, 0) is 56.1 Å². The third-order valence-corrected chi connectivity index (χ3v) is 8.18. The fourth-order valence-electron chi connectivity index (χ4n) is 5.24. The van der Waals surface area contributed by atoms with Gasteiger partial charge < -0.3 is 41.9 Å². The summed E-state index contributed by atoms with van der Waals surface area (Å²) >= 11 is 0. The molecule has 0 bridgehead atoms. The zero-order valence-corrected chi connectivity index (χ0v) is 34.4. The number of aliphatic carboxylic acids is 5. The van der Waals surface area contributed by atoms with Crippen LogP contribution in [0.1, 0.15) is 57.1 Å². The lowest BCUT2D eigenvalue weighted by atomic mass is 10.0. The van der Waals surface area contributed by atoms with Gasteiger partial charge in [0.15, 0.2) is 0 Å². The lowest BCUT2D eigenvalue weighted by Gasteiger charge is -2.28. The number of alkyl halides is 3. The molecule has 0 unspecified atom stereocenters. The Bertz CT molecular complexity index is 1560. The van der Waals surface area contributed by atoms with Crippen molar-refractivity contribution in [3.05, 3.63) is 35.4 Å². The van der Waals surface area contributed by atoms with Crippen LogP contribution in [-0.4, -0.2) is 171 Å². The van der Waals surface area contributed by atoms with Crippen LogP contribution in [0.25, 0.3) is 0 Å². The molecule has 350 valence electrons. The Labute approximate surface area is 354 Å². The highest BCUT2D eigenvalue weighted by Crippen LogP contribution is 2.13. The molecule has 0 heterocycles. The summed E-state index contributed by atoms with van der Waals surface area (Å²) in [4.78, 5) is 107. The Morgan fingerprint density at radius 1 is 0.613 bits per heavy atom. The molecule has 1 aromatic rings. The van der Waals surface area contributed by atoms with Crippen molar-refractivity contribution >= 4 is 53.5 Å². The van der Waals surface area contributed by atoms with Gasteiger partial charge >= 0.3 is 36.0 Å². The molecule has 0 aliphatic carbocycles. The van der Waals surface area contributed by atoms with E-state index < -0.39 is 86.0 Å². The number of nitrogens with zero attached hydrogens (tertiary/aromatic N) is 3. The Balaban J connectivity index is 0.00000486. The van der Waals surface area contributed by atoms with Crippen molar-refractivity contribution in [1.82, 2.24) is 36.2 Å². The summed E-state index contributed by atoms with van der Waals surface area (Å²) in [6, 6.07) is 6.36. The van der Waals surface area contributed by atoms with E-state index in [-0.39, 0.29) is 63.9 Å². The van der Waals surface area contributed by atoms with Gasteiger partial charge in [-0.2, -0.15) is 13.2 Å². The molecule has 25 heteroatoms. The first-order valence-corrected chi connectivity index (χ1v) is 19.2. The molecule has 1 aromatic carbocycles. The van der Waals surface area contributed by atoms with Gasteiger partial charge in [0, 0.05) is 45.7 Å². The fraction of sp³-hybridized carbons (Fsp3) is 0.595. The van der Waals surface area contributed by atoms with Gasteiger partial charge in [0.2, 0.25) is 17.7 Å². The van der Waals surface area contributed by atoms with Crippen molar-refractivity contribution in [3.8, 4) is 0 Å². The number of nitrogens with two attached hydrogens (primary N) is 1. The average Bonchev–Trinajstić information content (AvgIpc) is 3.14. The number of unbranched alkanes of at least 4 members (excludes halogenated alkanes) is 2. The summed E-state index contributed by atoms with van der Waals surface area (Å²) in [5.41, 5.74) is 12.0. The smallest absolute Gasteiger partial charge is 0.480 e. The number of carboxylic acids is 5. The lowest BCUT2D eigenvalue weighted by Crippen LogP contribution is -2.50. The number of nitrogens with one attached hydrogen (secondary N) is 4. The second-order valence-corrected chi connectivity index (χ2v) is 14.3. The number of hydrazine groups is 1. The average molecular weight is 895 g/mol. The Morgan fingerprint density at radius 2 is 1.06 bits per heavy atom. The van der Waals surface area contributed by atoms with E-state index in [0.717, 1.165) is 15.4 Å². The van der Waals surface area contributed by atoms with Crippen LogP contribution in [0.15, 0.2) is 24.3 Å². The van der Waals surface area contributed by atoms with E-state index in [9.17, 15) is 51.5 Å². The quantitative estimate of drug-likeness (QED) is 0.0338. The zero-order chi connectivity index (χ0) is 47.4. The molecule has 0 saturated heterocycles. The van der Waals surface area contributed by atoms with Gasteiger partial charge in [0.1, 0.15) is 0 Å². The van der Waals surface area contributed by atoms with Gasteiger partial charge in [-0.05, 0) is 36.3 Å². The lowest BCUT2D eigenvalue weighted by molar-refractivity contribution is -0.192. The van der Waals surface area contributed by atoms with Crippen LogP contribution in [0.3, 0.4) is 0 Å². The molecule has 0 aliphatic rings. The summed E-state index contributed by atoms with van der Waals surface area (Å²) in [6.45, 7) is 2.10. The maximum atomic E-state index is 12.7. The first kappa shape index (κ1) is 56.1. The van der Waals surface area contributed by atoms with E-state index in [4.69, 9.17) is 36.1 Å². The second kappa shape index (κ2) is 30.2. The van der Waals surface area contributed by atoms with E-state index in [1.54, 1.807) is 29.2 Å². The highest BCUT2D eigenvalue weighted by molar-refractivity contribution is 5.86. The molecular formula is C37H57F3N8O14. The third kappa shape index (κ3) is 30.2. The predicted octanol–water partition coefficient (Wildman–Crippen LogP) is -1.08. The molecule has 1 rings (SSSR count). The van der Waals surface area contributed by atoms with Crippen molar-refractivity contribution < 1.29 is 81.9 Å². The van der Waals surface area contributed by atoms with Crippen molar-refractivity contribution in [2.75, 3.05) is 65.4 Å². The molecule has 22 nitrogen and oxygen atoms in total. The largest absolute Gasteiger partial charge is 0.490 e. The van der Waals surface area contributed by atoms with Crippen molar-refractivity contribution in [2.24, 2.45) is 11.7 Å². The van der Waals surface area contributed by atoms with E-state index in [1.165, 1.54) is 0 Å². The van der Waals surface area contributed by atoms with Crippen LogP contribution in [0.2, 0.25) is 0 Å². The fourth-order valence-corrected chi connectivity index (χ4v) is 5.24. The molecule has 11 N–H and O–H groups in total. The van der Waals surface area contributed by atoms with Crippen LogP contribution in [0, 0.1) is 5.92 Å². The zero-order valence-electron chi connectivity index (χ0n) is 34.4. The second-order valence-electron chi connectivity index (χ2n) is 14.3. The van der Waals surface area contributed by atoms with E-state index in [2.05, 4.69) is 21.5 Å². The van der Waals surface area contributed by atoms with Crippen molar-refractivity contribution in [2.45, 2.75) is 71.1 Å². The number of benzene rings is 1. The van der Waals surface area contributed by atoms with Gasteiger partial charge in [0.25, 0.3) is 5.91 Å². The Hall–Kier alpha value is -5.92. The number of carbonyl (C=O) groups is 9. The van der Waals surface area contributed by atoms with Gasteiger partial charge in [-0.15, -0.1) is 0 Å². The maximum absolute atomic E-state index is 12.7. The molecule has 0 saturated carbocycles. The van der Waals surface area contributed by atoms with Crippen molar-refractivity contribution in [3.63, 3.8) is 0 Å². The molecule has 0 spiro atoms. The summed E-state index contributed by atoms with van der Waals surface area (Å²) in [6.07, 6.45) is -2.53. The van der Waals surface area contributed by atoms with Crippen LogP contribution >= 0.6 is 0 Å². The standard InChI is InChI=1S/C35H56N8O12.C2HF3O2/c1-24(2)16-27(36)35(55)40-39-29(45)17-25-7-9-26(10-8-25)18-38-28(44)6-4-3-5-11-37-30(46)19-41(12-14-42(20-31(47)48)21-32(49)50)13-15-43(22-33(51)52)23-34(53)54;3-2(4,5)1(6)7/h7-10,24,27H,3-6,11-23,36H2,1-2H3,(H,37,46)(H,38,44)(H,39,45)(H,40,55)(H,47,48)(H,49,50)(H,51,52)(H,53,54);(H,6,7)/t27-;/m1./s1. The SMILES string of the molecule is CC(C)C[C@@H](N)C(=O)NNC(=O)Cc1ccc(CNC(=O)CCCCCNC(=O)CN(CCN(CC(=O)O)CC(=O)O)CCN(CC(=O)O)CC(=O)O)cc1.O=C(O)C(F)(F)F. The summed E-state index contributed by atoms with van der Waals surface area (Å²) in [5, 5.41) is 49.2. The highest BCUT2D eigenvalue weighted by Gasteiger charge is 2.38. The minimum absolute atomic E-state index is 0.0348. The normalized spacial score (nSPS) is 11.6. The number of amides is 4. The number of hydrogen-bond donors (Lipinski definition) is 10. The number of carboxylic acid groups (broad SMARTS) is 5. The van der Waals surface area contributed by atoms with Gasteiger partial charge in [0.05, 0.1) is 45.2 Å². The number of hydrogen-bond acceptors (Lipinski definition) is 13. The van der Waals surface area contributed by atoms with Gasteiger partial charge in [-0.3, -0.25) is 63.9 Å². The Kier molecular flexibility index (Phi) is 27.3. The number of halogens is 3. The molecule has 0 fully saturated rings. The number of carbonyl (C=O) groups excluding carboxylic acids is 4. The summed E-state index contributed by atoms with van der Waals surface area (Å²) in [7, 11) is 0. The minimum atomic E-state index is -5.08. The number of rotatable bonds is 29. The topological polar surface area (TPSA) is 339 Å². The molecule has 0 aromatic heterocycles. The summed E-state index contributed by atoms with van der Waals surface area (Å²) < 4.78 is 31.7. The minimum Gasteiger partial charge on any atom is -0.480 e. The molecule has 1 atom stereocenters. The van der Waals surface area contributed by atoms with Crippen LogP contribution in [0.4, 0.5) is 13.2 Å². The summed E-state index contributed by atoms with van der Waals surface area (Å²) in [5.74, 6) is -8.90. The monoisotopic (exact) mass is 894 g/mol. The van der Waals surface area contributed by atoms with E-state index >= 15 is 0 Å². The van der Waals surface area contributed by atoms with Gasteiger partial charge in [-0.1, -0.05) is 44.5 Å². The molecule has 0 radical (unpaired) electrons. The molecule has 62 heavy (non-hydrogen) atoms. The molecular weight excluding hydrogens is 837 g/mol. The maximum Gasteiger partial charge on any atom is 0.490 e. The van der Waals surface area contributed by atoms with E-state index in [0.29, 0.717) is 37.8 Å². The van der Waals surface area contributed by atoms with Crippen molar-refractivity contribution in [1.29, 1.82) is 0 Å². The third-order valence-electron chi connectivity index (χ3n) is 8.18. The predicted molar refractivity (Wildman–Crippen MR) is 211 cm³/mol. The highest BCUT2D eigenvalue weighted by atomic mass is 19.4. The van der Waals surface area contributed by atoms with Gasteiger partial charge in [-0.25, -0.2) is 4.79 Å². The molecule has 4 amide bonds. The van der Waals surface area contributed by atoms with Crippen LogP contribution in [0.5, 0.6) is 0 Å². The Morgan fingerprint density at radius 3 is 1.50 bits per heavy atom. The first-order valence-electron chi connectivity index (χ1n) is 19.2. The molecule has 0 aliphatic heterocycles. The first-order chi connectivity index (χ1) is 28.9.